The molecule has 1 unspecified atom stereocenters. The molecule has 10 heteroatoms. The molecule has 0 heterocycles. The molecule has 0 aromatic heterocycles. The Bertz CT molecular complexity index is 252. The summed E-state index contributed by atoms with van der Waals surface area (Å²) in [5.41, 5.74) is -6.10. The molecule has 0 amide bonds. The molecule has 0 fully saturated rings. The van der Waals surface area contributed by atoms with Crippen LogP contribution in [0.5, 0.6) is 0 Å². The molecule has 16 heavy (non-hydrogen) atoms. The van der Waals surface area contributed by atoms with Gasteiger partial charge in [-0.05, 0) is 0 Å². The lowest BCUT2D eigenvalue weighted by Gasteiger charge is -2.38. The van der Waals surface area contributed by atoms with Gasteiger partial charge in [-0.1, -0.05) is 0 Å². The summed E-state index contributed by atoms with van der Waals surface area (Å²) in [6.45, 7) is -0.702. The predicted molar refractivity (Wildman–Crippen MR) is 32.6 cm³/mol. The zero-order valence-corrected chi connectivity index (χ0v) is 7.43. The number of alkyl halides is 9. The van der Waals surface area contributed by atoms with Crippen molar-refractivity contribution < 1.29 is 44.6 Å². The smallest absolute Gasteiger partial charge is 0.371 e. The van der Waals surface area contributed by atoms with Gasteiger partial charge in [-0.15, -0.1) is 0 Å². The van der Waals surface area contributed by atoms with Crippen LogP contribution in [0.15, 0.2) is 0 Å². The predicted octanol–water partition coefficient (Wildman–Crippen LogP) is 2.84. The Morgan fingerprint density at radius 3 is 1.25 bits per heavy atom. The van der Waals surface area contributed by atoms with Crippen LogP contribution in [0.3, 0.4) is 0 Å². The van der Waals surface area contributed by atoms with Gasteiger partial charge < -0.3 is 5.11 Å². The number of hydrogen-bond acceptors (Lipinski definition) is 1. The molecule has 0 saturated carbocycles. The minimum absolute atomic E-state index is 0.702. The molecule has 98 valence electrons. The third-order valence-electron chi connectivity index (χ3n) is 1.78. The average Bonchev–Trinajstić information content (AvgIpc) is 1.97. The summed E-state index contributed by atoms with van der Waals surface area (Å²) in [5.74, 6) is -11.8. The first kappa shape index (κ1) is 15.3. The molecule has 0 aliphatic rings. The minimum atomic E-state index is -6.61. The minimum Gasteiger partial charge on any atom is -0.371 e. The van der Waals surface area contributed by atoms with E-state index in [4.69, 9.17) is 5.11 Å². The third-order valence-corrected chi connectivity index (χ3v) is 1.78. The van der Waals surface area contributed by atoms with Gasteiger partial charge in [-0.25, -0.2) is 17.6 Å². The highest BCUT2D eigenvalue weighted by Crippen LogP contribution is 2.52. The van der Waals surface area contributed by atoms with Gasteiger partial charge in [0.15, 0.2) is 0 Å². The second-order valence-electron chi connectivity index (χ2n) is 3.03. The van der Waals surface area contributed by atoms with E-state index in [0.29, 0.717) is 0 Å². The van der Waals surface area contributed by atoms with Crippen LogP contribution in [-0.2, 0) is 0 Å². The van der Waals surface area contributed by atoms with Gasteiger partial charge in [0.05, 0.1) is 0 Å². The zero-order chi connectivity index (χ0) is 13.6. The van der Waals surface area contributed by atoms with E-state index in [1.807, 2.05) is 0 Å². The second kappa shape index (κ2) is 3.67. The summed E-state index contributed by atoms with van der Waals surface area (Å²) in [4.78, 5) is 0. The average molecular weight is 264 g/mol. The Kier molecular flexibility index (Phi) is 3.52. The van der Waals surface area contributed by atoms with E-state index in [1.165, 1.54) is 0 Å². The highest BCUT2D eigenvalue weighted by atomic mass is 19.4. The monoisotopic (exact) mass is 264 g/mol. The van der Waals surface area contributed by atoms with Crippen molar-refractivity contribution in [3.8, 4) is 0 Å². The molecule has 0 rings (SSSR count). The van der Waals surface area contributed by atoms with Crippen LogP contribution in [-0.4, -0.2) is 35.2 Å². The number of rotatable bonds is 3. The molecule has 0 aliphatic carbocycles. The van der Waals surface area contributed by atoms with Gasteiger partial charge in [0.2, 0.25) is 0 Å². The van der Waals surface area contributed by atoms with E-state index in [1.54, 1.807) is 0 Å². The SMILES string of the molecule is CC(F)(F)C(F)(F)C(O)(C(F)F)C(F)(F)F. The molecule has 0 aliphatic heterocycles. The van der Waals surface area contributed by atoms with E-state index in [9.17, 15) is 39.5 Å². The second-order valence-corrected chi connectivity index (χ2v) is 3.03. The number of hydrogen-bond donors (Lipinski definition) is 1. The van der Waals surface area contributed by atoms with E-state index in [2.05, 4.69) is 0 Å². The molecule has 0 bridgehead atoms. The summed E-state index contributed by atoms with van der Waals surface area (Å²) in [6, 6.07) is 0. The standard InChI is InChI=1S/C6H5F9O/c1-3(9,10)5(11,12)4(16,2(7)8)6(13,14)15/h2,16H,1H3. The maximum atomic E-state index is 12.5. The Morgan fingerprint density at radius 2 is 1.19 bits per heavy atom. The van der Waals surface area contributed by atoms with E-state index < -0.39 is 37.0 Å². The molecule has 0 spiro atoms. The van der Waals surface area contributed by atoms with Crippen molar-refractivity contribution in [2.75, 3.05) is 0 Å². The quantitative estimate of drug-likeness (QED) is 0.777. The molecule has 1 nitrogen and oxygen atoms in total. The van der Waals surface area contributed by atoms with Crippen molar-refractivity contribution in [1.29, 1.82) is 0 Å². The van der Waals surface area contributed by atoms with Crippen LogP contribution in [0.4, 0.5) is 39.5 Å². The van der Waals surface area contributed by atoms with Crippen molar-refractivity contribution >= 4 is 0 Å². The van der Waals surface area contributed by atoms with Gasteiger partial charge in [0.1, 0.15) is 0 Å². The highest BCUT2D eigenvalue weighted by Gasteiger charge is 2.81. The fraction of sp³-hybridized carbons (Fsp3) is 1.00. The first-order valence-electron chi connectivity index (χ1n) is 3.52. The summed E-state index contributed by atoms with van der Waals surface area (Å²) in [5, 5.41) is 8.18. The Morgan fingerprint density at radius 1 is 0.875 bits per heavy atom. The van der Waals surface area contributed by atoms with E-state index in [0.717, 1.165) is 0 Å². The molecule has 0 aromatic rings. The van der Waals surface area contributed by atoms with Crippen molar-refractivity contribution in [1.82, 2.24) is 0 Å². The highest BCUT2D eigenvalue weighted by molar-refractivity contribution is 5.06. The van der Waals surface area contributed by atoms with Crippen molar-refractivity contribution in [2.24, 2.45) is 0 Å². The molecule has 0 saturated heterocycles. The van der Waals surface area contributed by atoms with Gasteiger partial charge in [0, 0.05) is 6.92 Å². The normalized spacial score (nSPS) is 18.8. The molecular formula is C6H5F9O. The van der Waals surface area contributed by atoms with Gasteiger partial charge in [0.25, 0.3) is 12.0 Å². The van der Waals surface area contributed by atoms with Gasteiger partial charge in [-0.2, -0.15) is 22.0 Å². The topological polar surface area (TPSA) is 20.2 Å². The summed E-state index contributed by atoms with van der Waals surface area (Å²) >= 11 is 0. The van der Waals surface area contributed by atoms with Gasteiger partial charge >= 0.3 is 18.0 Å². The van der Waals surface area contributed by atoms with Crippen LogP contribution >= 0.6 is 0 Å². The first-order chi connectivity index (χ1) is 6.69. The Hall–Kier alpha value is -0.670. The van der Waals surface area contributed by atoms with Crippen LogP contribution < -0.4 is 0 Å². The third kappa shape index (κ3) is 1.94. The Labute approximate surface area is 82.8 Å². The summed E-state index contributed by atoms with van der Waals surface area (Å²) in [6.07, 6.45) is -11.7. The largest absolute Gasteiger partial charge is 0.429 e. The van der Waals surface area contributed by atoms with E-state index >= 15 is 0 Å². The van der Waals surface area contributed by atoms with Crippen molar-refractivity contribution in [2.45, 2.75) is 37.0 Å². The Balaban J connectivity index is 5.75. The lowest BCUT2D eigenvalue weighted by molar-refractivity contribution is -0.400. The van der Waals surface area contributed by atoms with Gasteiger partial charge in [-0.3, -0.25) is 0 Å². The van der Waals surface area contributed by atoms with Crippen LogP contribution in [0.2, 0.25) is 0 Å². The lowest BCUT2D eigenvalue weighted by atomic mass is 9.91. The van der Waals surface area contributed by atoms with E-state index in [-0.39, 0.29) is 0 Å². The summed E-state index contributed by atoms with van der Waals surface area (Å²) in [7, 11) is 0. The van der Waals surface area contributed by atoms with Crippen LogP contribution in [0.1, 0.15) is 6.92 Å². The molecule has 0 aromatic carbocycles. The van der Waals surface area contributed by atoms with Crippen molar-refractivity contribution in [3.63, 3.8) is 0 Å². The molecule has 1 N–H and O–H groups in total. The fourth-order valence-corrected chi connectivity index (χ4v) is 0.773. The molecular weight excluding hydrogens is 259 g/mol. The lowest BCUT2D eigenvalue weighted by Crippen LogP contribution is -2.68. The fourth-order valence-electron chi connectivity index (χ4n) is 0.773. The maximum Gasteiger partial charge on any atom is 0.429 e. The first-order valence-corrected chi connectivity index (χ1v) is 3.52. The zero-order valence-electron chi connectivity index (χ0n) is 7.43. The number of aliphatic hydroxyl groups is 1. The maximum absolute atomic E-state index is 12.5. The molecule has 0 radical (unpaired) electrons. The van der Waals surface area contributed by atoms with Crippen LogP contribution in [0.25, 0.3) is 0 Å². The van der Waals surface area contributed by atoms with Crippen molar-refractivity contribution in [3.05, 3.63) is 0 Å². The number of halogens is 9. The molecule has 1 atom stereocenters. The van der Waals surface area contributed by atoms with Crippen LogP contribution in [0, 0.1) is 0 Å². The summed E-state index contributed by atoms with van der Waals surface area (Å²) < 4.78 is 108.